The zero-order valence-electron chi connectivity index (χ0n) is 12.1. The summed E-state index contributed by atoms with van der Waals surface area (Å²) >= 11 is 0. The molecule has 0 radical (unpaired) electrons. The van der Waals surface area contributed by atoms with E-state index in [0.29, 0.717) is 19.6 Å². The Hall–Kier alpha value is -1.55. The van der Waals surface area contributed by atoms with Gasteiger partial charge in [0.15, 0.2) is 0 Å². The number of urea groups is 1. The number of aliphatic hydroxyl groups excluding tert-OH is 1. The zero-order valence-corrected chi connectivity index (χ0v) is 12.1. The Labute approximate surface area is 115 Å². The van der Waals surface area contributed by atoms with Crippen molar-refractivity contribution in [1.82, 2.24) is 10.2 Å². The number of carbonyl (C=O) groups excluding carboxylic acids is 1. The van der Waals surface area contributed by atoms with Gasteiger partial charge >= 0.3 is 6.03 Å². The minimum absolute atomic E-state index is 0.00166. The molecule has 0 fully saturated rings. The van der Waals surface area contributed by atoms with Crippen molar-refractivity contribution in [1.29, 1.82) is 0 Å². The highest BCUT2D eigenvalue weighted by molar-refractivity contribution is 5.74. The molecule has 0 aromatic heterocycles. The molecule has 19 heavy (non-hydrogen) atoms. The van der Waals surface area contributed by atoms with E-state index in [1.165, 1.54) is 16.7 Å². The quantitative estimate of drug-likeness (QED) is 0.824. The van der Waals surface area contributed by atoms with E-state index in [1.807, 2.05) is 6.92 Å². The standard InChI is InChI=1S/C15H24N2O2/c1-4-17(9-10-18)15(19)16-8-7-14-6-5-12(2)11-13(14)3/h5-6,11,18H,4,7-10H2,1-3H3,(H,16,19). The average molecular weight is 264 g/mol. The van der Waals surface area contributed by atoms with Crippen molar-refractivity contribution >= 4 is 6.03 Å². The van der Waals surface area contributed by atoms with Crippen LogP contribution in [0.15, 0.2) is 18.2 Å². The molecule has 0 aliphatic heterocycles. The van der Waals surface area contributed by atoms with Crippen molar-refractivity contribution < 1.29 is 9.90 Å². The van der Waals surface area contributed by atoms with Crippen LogP contribution in [0, 0.1) is 13.8 Å². The molecule has 0 spiro atoms. The van der Waals surface area contributed by atoms with E-state index < -0.39 is 0 Å². The summed E-state index contributed by atoms with van der Waals surface area (Å²) in [4.78, 5) is 13.4. The number of hydrogen-bond donors (Lipinski definition) is 2. The van der Waals surface area contributed by atoms with Crippen LogP contribution < -0.4 is 5.32 Å². The minimum Gasteiger partial charge on any atom is -0.395 e. The molecule has 4 heteroatoms. The topological polar surface area (TPSA) is 52.6 Å². The van der Waals surface area contributed by atoms with Gasteiger partial charge in [-0.05, 0) is 38.3 Å². The molecule has 0 aliphatic carbocycles. The van der Waals surface area contributed by atoms with Crippen LogP contribution in [0.5, 0.6) is 0 Å². The second kappa shape index (κ2) is 7.79. The monoisotopic (exact) mass is 264 g/mol. The summed E-state index contributed by atoms with van der Waals surface area (Å²) in [6.07, 6.45) is 0.828. The van der Waals surface area contributed by atoms with Crippen LogP contribution in [0.1, 0.15) is 23.6 Å². The lowest BCUT2D eigenvalue weighted by atomic mass is 10.0. The number of amides is 2. The highest BCUT2D eigenvalue weighted by Crippen LogP contribution is 2.10. The lowest BCUT2D eigenvalue weighted by Crippen LogP contribution is -2.42. The van der Waals surface area contributed by atoms with Gasteiger partial charge in [0, 0.05) is 19.6 Å². The summed E-state index contributed by atoms with van der Waals surface area (Å²) < 4.78 is 0. The van der Waals surface area contributed by atoms with Crippen molar-refractivity contribution in [3.8, 4) is 0 Å². The van der Waals surface area contributed by atoms with Crippen LogP contribution in [0.2, 0.25) is 0 Å². The molecule has 2 N–H and O–H groups in total. The molecule has 106 valence electrons. The van der Waals surface area contributed by atoms with E-state index in [-0.39, 0.29) is 12.6 Å². The molecule has 4 nitrogen and oxygen atoms in total. The zero-order chi connectivity index (χ0) is 14.3. The predicted molar refractivity (Wildman–Crippen MR) is 77.4 cm³/mol. The molecular weight excluding hydrogens is 240 g/mol. The second-order valence-electron chi connectivity index (χ2n) is 4.72. The van der Waals surface area contributed by atoms with Crippen LogP contribution in [0.4, 0.5) is 4.79 Å². The predicted octanol–water partition coefficient (Wildman–Crippen LogP) is 1.87. The van der Waals surface area contributed by atoms with Gasteiger partial charge in [-0.15, -0.1) is 0 Å². The SMILES string of the molecule is CCN(CCO)C(=O)NCCc1ccc(C)cc1C. The number of nitrogens with zero attached hydrogens (tertiary/aromatic N) is 1. The number of aliphatic hydroxyl groups is 1. The van der Waals surface area contributed by atoms with Gasteiger partial charge in [0.25, 0.3) is 0 Å². The maximum Gasteiger partial charge on any atom is 0.317 e. The van der Waals surface area contributed by atoms with E-state index >= 15 is 0 Å². The Morgan fingerprint density at radius 1 is 1.37 bits per heavy atom. The molecule has 1 aromatic carbocycles. The van der Waals surface area contributed by atoms with Crippen molar-refractivity contribution in [2.24, 2.45) is 0 Å². The first-order valence-electron chi connectivity index (χ1n) is 6.78. The molecule has 0 unspecified atom stereocenters. The largest absolute Gasteiger partial charge is 0.395 e. The first-order chi connectivity index (χ1) is 9.08. The number of hydrogen-bond acceptors (Lipinski definition) is 2. The molecule has 0 saturated heterocycles. The molecule has 0 heterocycles. The maximum absolute atomic E-state index is 11.8. The van der Waals surface area contributed by atoms with Crippen LogP contribution in [0.3, 0.4) is 0 Å². The van der Waals surface area contributed by atoms with Crippen LogP contribution in [-0.4, -0.2) is 42.3 Å². The fourth-order valence-corrected chi connectivity index (χ4v) is 2.07. The summed E-state index contributed by atoms with van der Waals surface area (Å²) in [5.74, 6) is 0. The number of nitrogens with one attached hydrogen (secondary N) is 1. The van der Waals surface area contributed by atoms with Gasteiger partial charge in [-0.1, -0.05) is 23.8 Å². The fraction of sp³-hybridized carbons (Fsp3) is 0.533. The van der Waals surface area contributed by atoms with Crippen molar-refractivity contribution in [3.63, 3.8) is 0 Å². The number of carbonyl (C=O) groups is 1. The van der Waals surface area contributed by atoms with E-state index in [1.54, 1.807) is 4.90 Å². The lowest BCUT2D eigenvalue weighted by Gasteiger charge is -2.20. The minimum atomic E-state index is -0.110. The smallest absolute Gasteiger partial charge is 0.317 e. The van der Waals surface area contributed by atoms with Crippen LogP contribution >= 0.6 is 0 Å². The average Bonchev–Trinajstić information content (AvgIpc) is 2.38. The highest BCUT2D eigenvalue weighted by Gasteiger charge is 2.09. The van der Waals surface area contributed by atoms with Gasteiger partial charge in [0.2, 0.25) is 0 Å². The molecule has 2 amide bonds. The molecule has 1 rings (SSSR count). The summed E-state index contributed by atoms with van der Waals surface area (Å²) in [7, 11) is 0. The molecule has 0 aliphatic rings. The van der Waals surface area contributed by atoms with Gasteiger partial charge in [-0.2, -0.15) is 0 Å². The third-order valence-corrected chi connectivity index (χ3v) is 3.21. The van der Waals surface area contributed by atoms with Gasteiger partial charge in [0.05, 0.1) is 6.61 Å². The lowest BCUT2D eigenvalue weighted by molar-refractivity contribution is 0.180. The van der Waals surface area contributed by atoms with E-state index in [9.17, 15) is 4.79 Å². The van der Waals surface area contributed by atoms with E-state index in [2.05, 4.69) is 37.4 Å². The highest BCUT2D eigenvalue weighted by atomic mass is 16.3. The Bertz CT molecular complexity index is 419. The Kier molecular flexibility index (Phi) is 6.36. The van der Waals surface area contributed by atoms with Crippen LogP contribution in [-0.2, 0) is 6.42 Å². The first kappa shape index (κ1) is 15.5. The third-order valence-electron chi connectivity index (χ3n) is 3.21. The van der Waals surface area contributed by atoms with Crippen molar-refractivity contribution in [3.05, 3.63) is 34.9 Å². The first-order valence-corrected chi connectivity index (χ1v) is 6.78. The normalized spacial score (nSPS) is 10.3. The Morgan fingerprint density at radius 2 is 2.11 bits per heavy atom. The second-order valence-corrected chi connectivity index (χ2v) is 4.72. The van der Waals surface area contributed by atoms with Gasteiger partial charge in [0.1, 0.15) is 0 Å². The Morgan fingerprint density at radius 3 is 2.68 bits per heavy atom. The van der Waals surface area contributed by atoms with E-state index in [0.717, 1.165) is 6.42 Å². The number of benzene rings is 1. The number of likely N-dealkylation sites (N-methyl/N-ethyl adjacent to an activating group) is 1. The molecule has 1 aromatic rings. The molecular formula is C15H24N2O2. The number of rotatable bonds is 6. The summed E-state index contributed by atoms with van der Waals surface area (Å²) in [6, 6.07) is 6.25. The summed E-state index contributed by atoms with van der Waals surface area (Å²) in [5, 5.41) is 11.7. The molecule has 0 atom stereocenters. The Balaban J connectivity index is 2.43. The van der Waals surface area contributed by atoms with Gasteiger partial charge < -0.3 is 15.3 Å². The van der Waals surface area contributed by atoms with Crippen molar-refractivity contribution in [2.45, 2.75) is 27.2 Å². The van der Waals surface area contributed by atoms with Gasteiger partial charge in [-0.25, -0.2) is 4.79 Å². The maximum atomic E-state index is 11.8. The fourth-order valence-electron chi connectivity index (χ4n) is 2.07. The molecule has 0 bridgehead atoms. The molecule has 0 saturated carbocycles. The third kappa shape index (κ3) is 4.91. The van der Waals surface area contributed by atoms with Crippen molar-refractivity contribution in [2.75, 3.05) is 26.2 Å². The van der Waals surface area contributed by atoms with Crippen LogP contribution in [0.25, 0.3) is 0 Å². The van der Waals surface area contributed by atoms with E-state index in [4.69, 9.17) is 5.11 Å². The number of aryl methyl sites for hydroxylation is 2. The summed E-state index contributed by atoms with van der Waals surface area (Å²) in [5.41, 5.74) is 3.78. The summed E-state index contributed by atoms with van der Waals surface area (Å²) in [6.45, 7) is 7.67. The van der Waals surface area contributed by atoms with Gasteiger partial charge in [-0.3, -0.25) is 0 Å².